The second kappa shape index (κ2) is 5.72. The highest BCUT2D eigenvalue weighted by Gasteiger charge is 2.34. The standard InChI is InChI=1S/C14H17N3O.ClH/c1-14(8-5-9-15-10-14)13-16-12(17-18-13)11-6-3-2-4-7-11;/h2-4,6-7,15H,5,8-10H2,1H3;1H. The molecule has 0 aliphatic carbocycles. The second-order valence-corrected chi connectivity index (χ2v) is 5.13. The molecule has 2 heterocycles. The van der Waals surface area contributed by atoms with E-state index in [2.05, 4.69) is 22.4 Å². The lowest BCUT2D eigenvalue weighted by Gasteiger charge is -2.30. The molecular weight excluding hydrogens is 262 g/mol. The van der Waals surface area contributed by atoms with E-state index in [9.17, 15) is 0 Å². The SMILES string of the molecule is CC1(c2nc(-c3ccccc3)no2)CCCNC1.Cl. The van der Waals surface area contributed by atoms with Crippen molar-refractivity contribution in [3.8, 4) is 11.4 Å². The minimum absolute atomic E-state index is 0. The summed E-state index contributed by atoms with van der Waals surface area (Å²) in [7, 11) is 0. The van der Waals surface area contributed by atoms with Gasteiger partial charge in [0.1, 0.15) is 0 Å². The predicted molar refractivity (Wildman–Crippen MR) is 76.4 cm³/mol. The molecule has 1 N–H and O–H groups in total. The third kappa shape index (κ3) is 2.80. The van der Waals surface area contributed by atoms with Gasteiger partial charge in [-0.05, 0) is 26.3 Å². The number of aromatic nitrogens is 2. The number of nitrogens with one attached hydrogen (secondary N) is 1. The minimum atomic E-state index is -0.0295. The highest BCUT2D eigenvalue weighted by molar-refractivity contribution is 5.85. The summed E-state index contributed by atoms with van der Waals surface area (Å²) in [6.45, 7) is 4.17. The molecule has 0 bridgehead atoms. The number of rotatable bonds is 2. The van der Waals surface area contributed by atoms with Crippen LogP contribution in [0.3, 0.4) is 0 Å². The van der Waals surface area contributed by atoms with Crippen molar-refractivity contribution in [1.82, 2.24) is 15.5 Å². The molecule has 0 spiro atoms. The van der Waals surface area contributed by atoms with Crippen molar-refractivity contribution in [3.63, 3.8) is 0 Å². The summed E-state index contributed by atoms with van der Waals surface area (Å²) in [6.07, 6.45) is 2.25. The van der Waals surface area contributed by atoms with Crippen LogP contribution >= 0.6 is 12.4 Å². The van der Waals surface area contributed by atoms with Crippen LogP contribution < -0.4 is 5.32 Å². The number of hydrogen-bond acceptors (Lipinski definition) is 4. The number of halogens is 1. The molecule has 1 aliphatic heterocycles. The second-order valence-electron chi connectivity index (χ2n) is 5.13. The van der Waals surface area contributed by atoms with Gasteiger partial charge in [-0.3, -0.25) is 0 Å². The Bertz CT molecular complexity index is 520. The zero-order chi connectivity index (χ0) is 12.4. The quantitative estimate of drug-likeness (QED) is 0.918. The Morgan fingerprint density at radius 3 is 2.74 bits per heavy atom. The van der Waals surface area contributed by atoms with Crippen LogP contribution in [0.15, 0.2) is 34.9 Å². The van der Waals surface area contributed by atoms with E-state index in [1.54, 1.807) is 0 Å². The van der Waals surface area contributed by atoms with Crippen molar-refractivity contribution in [3.05, 3.63) is 36.2 Å². The van der Waals surface area contributed by atoms with Crippen LogP contribution in [-0.4, -0.2) is 23.2 Å². The highest BCUT2D eigenvalue weighted by atomic mass is 35.5. The Hall–Kier alpha value is -1.39. The van der Waals surface area contributed by atoms with Gasteiger partial charge in [-0.1, -0.05) is 35.5 Å². The Kier molecular flexibility index (Phi) is 4.22. The molecule has 3 rings (SSSR count). The molecule has 1 aromatic heterocycles. The number of nitrogens with zero attached hydrogens (tertiary/aromatic N) is 2. The van der Waals surface area contributed by atoms with E-state index < -0.39 is 0 Å². The van der Waals surface area contributed by atoms with Gasteiger partial charge in [0, 0.05) is 12.1 Å². The summed E-state index contributed by atoms with van der Waals surface area (Å²) < 4.78 is 5.46. The van der Waals surface area contributed by atoms with E-state index in [0.29, 0.717) is 5.82 Å². The minimum Gasteiger partial charge on any atom is -0.338 e. The van der Waals surface area contributed by atoms with Crippen LogP contribution in [0.25, 0.3) is 11.4 Å². The van der Waals surface area contributed by atoms with Gasteiger partial charge in [-0.2, -0.15) is 4.98 Å². The van der Waals surface area contributed by atoms with Crippen molar-refractivity contribution in [1.29, 1.82) is 0 Å². The fourth-order valence-electron chi connectivity index (χ4n) is 2.41. The molecular formula is C14H18ClN3O. The third-order valence-electron chi connectivity index (χ3n) is 3.57. The van der Waals surface area contributed by atoms with Crippen LogP contribution in [0.5, 0.6) is 0 Å². The van der Waals surface area contributed by atoms with Gasteiger partial charge in [0.2, 0.25) is 11.7 Å². The van der Waals surface area contributed by atoms with E-state index in [1.165, 1.54) is 0 Å². The van der Waals surface area contributed by atoms with E-state index in [0.717, 1.165) is 37.4 Å². The molecule has 4 nitrogen and oxygen atoms in total. The summed E-state index contributed by atoms with van der Waals surface area (Å²) in [5, 5.41) is 7.49. The van der Waals surface area contributed by atoms with Crippen LogP contribution in [0, 0.1) is 0 Å². The first-order valence-corrected chi connectivity index (χ1v) is 6.38. The van der Waals surface area contributed by atoms with Crippen molar-refractivity contribution in [2.24, 2.45) is 0 Å². The number of hydrogen-bond donors (Lipinski definition) is 1. The fourth-order valence-corrected chi connectivity index (χ4v) is 2.41. The van der Waals surface area contributed by atoms with Gasteiger partial charge in [0.05, 0.1) is 5.41 Å². The van der Waals surface area contributed by atoms with E-state index in [1.807, 2.05) is 30.3 Å². The normalized spacial score (nSPS) is 22.8. The van der Waals surface area contributed by atoms with Crippen molar-refractivity contribution in [2.45, 2.75) is 25.2 Å². The van der Waals surface area contributed by atoms with Gasteiger partial charge in [0.15, 0.2) is 0 Å². The largest absolute Gasteiger partial charge is 0.338 e. The molecule has 19 heavy (non-hydrogen) atoms. The first kappa shape index (κ1) is 14.0. The maximum Gasteiger partial charge on any atom is 0.234 e. The first-order chi connectivity index (χ1) is 8.78. The average Bonchev–Trinajstić information content (AvgIpc) is 2.91. The smallest absolute Gasteiger partial charge is 0.234 e. The van der Waals surface area contributed by atoms with Crippen molar-refractivity contribution < 1.29 is 4.52 Å². The van der Waals surface area contributed by atoms with Gasteiger partial charge >= 0.3 is 0 Å². The predicted octanol–water partition coefficient (Wildman–Crippen LogP) is 2.80. The van der Waals surface area contributed by atoms with Gasteiger partial charge < -0.3 is 9.84 Å². The molecule has 0 saturated carbocycles. The maximum atomic E-state index is 5.46. The van der Waals surface area contributed by atoms with E-state index >= 15 is 0 Å². The molecule has 0 radical (unpaired) electrons. The summed E-state index contributed by atoms with van der Waals surface area (Å²) >= 11 is 0. The zero-order valence-corrected chi connectivity index (χ0v) is 11.7. The number of piperidine rings is 1. The first-order valence-electron chi connectivity index (χ1n) is 6.38. The Morgan fingerprint density at radius 1 is 1.26 bits per heavy atom. The number of benzene rings is 1. The van der Waals surface area contributed by atoms with Crippen molar-refractivity contribution >= 4 is 12.4 Å². The Morgan fingerprint density at radius 2 is 2.05 bits per heavy atom. The van der Waals surface area contributed by atoms with Crippen LogP contribution in [0.4, 0.5) is 0 Å². The fraction of sp³-hybridized carbons (Fsp3) is 0.429. The maximum absolute atomic E-state index is 5.46. The molecule has 5 heteroatoms. The summed E-state index contributed by atoms with van der Waals surface area (Å²) in [5.41, 5.74) is 0.970. The molecule has 1 aromatic carbocycles. The third-order valence-corrected chi connectivity index (χ3v) is 3.57. The lowest BCUT2D eigenvalue weighted by Crippen LogP contribution is -2.41. The molecule has 0 amide bonds. The van der Waals surface area contributed by atoms with Crippen LogP contribution in [-0.2, 0) is 5.41 Å². The molecule has 102 valence electrons. The molecule has 1 atom stereocenters. The molecule has 2 aromatic rings. The van der Waals surface area contributed by atoms with Gasteiger partial charge in [-0.15, -0.1) is 12.4 Å². The lowest BCUT2D eigenvalue weighted by molar-refractivity contribution is 0.245. The molecule has 1 saturated heterocycles. The van der Waals surface area contributed by atoms with Gasteiger partial charge in [0.25, 0.3) is 0 Å². The Balaban J connectivity index is 0.00000133. The van der Waals surface area contributed by atoms with Crippen LogP contribution in [0.2, 0.25) is 0 Å². The monoisotopic (exact) mass is 279 g/mol. The highest BCUT2D eigenvalue weighted by Crippen LogP contribution is 2.30. The molecule has 1 aliphatic rings. The molecule has 1 unspecified atom stereocenters. The summed E-state index contributed by atoms with van der Waals surface area (Å²) in [4.78, 5) is 4.56. The zero-order valence-electron chi connectivity index (χ0n) is 10.9. The lowest BCUT2D eigenvalue weighted by atomic mass is 9.83. The van der Waals surface area contributed by atoms with Gasteiger partial charge in [-0.25, -0.2) is 0 Å². The topological polar surface area (TPSA) is 51.0 Å². The van der Waals surface area contributed by atoms with Crippen LogP contribution in [0.1, 0.15) is 25.7 Å². The summed E-state index contributed by atoms with van der Waals surface area (Å²) in [6, 6.07) is 9.94. The Labute approximate surface area is 119 Å². The molecule has 1 fully saturated rings. The van der Waals surface area contributed by atoms with E-state index in [-0.39, 0.29) is 17.8 Å². The van der Waals surface area contributed by atoms with Crippen molar-refractivity contribution in [2.75, 3.05) is 13.1 Å². The summed E-state index contributed by atoms with van der Waals surface area (Å²) in [5.74, 6) is 1.42. The van der Waals surface area contributed by atoms with E-state index in [4.69, 9.17) is 4.52 Å². The average molecular weight is 280 g/mol.